The van der Waals surface area contributed by atoms with Crippen LogP contribution in [0.3, 0.4) is 0 Å². The summed E-state index contributed by atoms with van der Waals surface area (Å²) in [6.07, 6.45) is 1.85. The van der Waals surface area contributed by atoms with Gasteiger partial charge >= 0.3 is 0 Å². The highest BCUT2D eigenvalue weighted by atomic mass is 16.1. The van der Waals surface area contributed by atoms with Crippen LogP contribution >= 0.6 is 0 Å². The Hall–Kier alpha value is -1.41. The van der Waals surface area contributed by atoms with Gasteiger partial charge < -0.3 is 5.73 Å². The van der Waals surface area contributed by atoms with Crippen molar-refractivity contribution in [3.63, 3.8) is 0 Å². The van der Waals surface area contributed by atoms with E-state index in [1.165, 1.54) is 6.08 Å². The van der Waals surface area contributed by atoms with Crippen molar-refractivity contribution in [3.05, 3.63) is 48.6 Å². The van der Waals surface area contributed by atoms with Crippen molar-refractivity contribution in [2.24, 2.45) is 5.73 Å². The van der Waals surface area contributed by atoms with Gasteiger partial charge in [0.2, 0.25) is 0 Å². The van der Waals surface area contributed by atoms with E-state index in [0.29, 0.717) is 6.42 Å². The largest absolute Gasteiger partial charge is 0.321 e. The number of carbonyl (C=O) groups excluding carboxylic acids is 1. The molecule has 1 aromatic carbocycles. The van der Waals surface area contributed by atoms with Gasteiger partial charge in [0.1, 0.15) is 0 Å². The fourth-order valence-electron chi connectivity index (χ4n) is 1.12. The standard InChI is InChI=1S/C11H13NO/c1-2-11(13)10(12)8-9-6-4-3-5-7-9/h2-7,10H,1,8,12H2. The molecule has 0 saturated heterocycles. The molecule has 0 aromatic heterocycles. The molecule has 13 heavy (non-hydrogen) atoms. The zero-order valence-corrected chi connectivity index (χ0v) is 7.44. The van der Waals surface area contributed by atoms with Crippen LogP contribution in [0.5, 0.6) is 0 Å². The molecule has 1 aromatic rings. The average molecular weight is 175 g/mol. The van der Waals surface area contributed by atoms with E-state index in [-0.39, 0.29) is 5.78 Å². The van der Waals surface area contributed by atoms with E-state index in [1.807, 2.05) is 30.3 Å². The predicted molar refractivity (Wildman–Crippen MR) is 53.3 cm³/mol. The second kappa shape index (κ2) is 4.58. The van der Waals surface area contributed by atoms with E-state index < -0.39 is 6.04 Å². The predicted octanol–water partition coefficient (Wildman–Crippen LogP) is 1.31. The molecular weight excluding hydrogens is 162 g/mol. The van der Waals surface area contributed by atoms with Crippen molar-refractivity contribution in [1.29, 1.82) is 0 Å². The third-order valence-electron chi connectivity index (χ3n) is 1.87. The van der Waals surface area contributed by atoms with Crippen molar-refractivity contribution < 1.29 is 4.79 Å². The molecule has 1 rings (SSSR count). The van der Waals surface area contributed by atoms with Gasteiger partial charge in [0.15, 0.2) is 5.78 Å². The van der Waals surface area contributed by atoms with Crippen molar-refractivity contribution in [1.82, 2.24) is 0 Å². The van der Waals surface area contributed by atoms with Crippen LogP contribution in [0.15, 0.2) is 43.0 Å². The summed E-state index contributed by atoms with van der Waals surface area (Å²) in [7, 11) is 0. The molecule has 1 atom stereocenters. The van der Waals surface area contributed by atoms with Crippen molar-refractivity contribution in [2.45, 2.75) is 12.5 Å². The summed E-state index contributed by atoms with van der Waals surface area (Å²) in [5.41, 5.74) is 6.71. The van der Waals surface area contributed by atoms with E-state index in [2.05, 4.69) is 6.58 Å². The van der Waals surface area contributed by atoms with E-state index in [1.54, 1.807) is 0 Å². The summed E-state index contributed by atoms with van der Waals surface area (Å²) in [4.78, 5) is 11.1. The Kier molecular flexibility index (Phi) is 3.41. The van der Waals surface area contributed by atoms with E-state index in [9.17, 15) is 4.79 Å². The van der Waals surface area contributed by atoms with Gasteiger partial charge in [-0.3, -0.25) is 4.79 Å². The molecule has 0 aliphatic rings. The Labute approximate surface area is 78.1 Å². The number of nitrogens with two attached hydrogens (primary N) is 1. The zero-order valence-electron chi connectivity index (χ0n) is 7.44. The highest BCUT2D eigenvalue weighted by Crippen LogP contribution is 2.02. The van der Waals surface area contributed by atoms with Crippen LogP contribution in [0.4, 0.5) is 0 Å². The Morgan fingerprint density at radius 3 is 2.62 bits per heavy atom. The van der Waals surface area contributed by atoms with Crippen LogP contribution in [-0.4, -0.2) is 11.8 Å². The maximum absolute atomic E-state index is 11.1. The summed E-state index contributed by atoms with van der Waals surface area (Å²) in [6.45, 7) is 3.39. The van der Waals surface area contributed by atoms with Gasteiger partial charge in [-0.25, -0.2) is 0 Å². The van der Waals surface area contributed by atoms with E-state index in [0.717, 1.165) is 5.56 Å². The Morgan fingerprint density at radius 2 is 2.08 bits per heavy atom. The molecule has 0 aliphatic heterocycles. The summed E-state index contributed by atoms with van der Waals surface area (Å²) in [5, 5.41) is 0. The second-order valence-electron chi connectivity index (χ2n) is 2.90. The molecule has 0 radical (unpaired) electrons. The highest BCUT2D eigenvalue weighted by molar-refractivity contribution is 5.93. The van der Waals surface area contributed by atoms with Crippen LogP contribution < -0.4 is 5.73 Å². The molecule has 0 aliphatic carbocycles. The van der Waals surface area contributed by atoms with Crippen molar-refractivity contribution in [3.8, 4) is 0 Å². The SMILES string of the molecule is C=CC(=O)C(N)Cc1ccccc1. The van der Waals surface area contributed by atoms with Gasteiger partial charge in [-0.05, 0) is 18.1 Å². The van der Waals surface area contributed by atoms with Crippen molar-refractivity contribution >= 4 is 5.78 Å². The number of ketones is 1. The normalized spacial score (nSPS) is 12.1. The molecule has 0 fully saturated rings. The Morgan fingerprint density at radius 1 is 1.46 bits per heavy atom. The minimum absolute atomic E-state index is 0.108. The minimum atomic E-state index is -0.458. The molecule has 2 heteroatoms. The lowest BCUT2D eigenvalue weighted by atomic mass is 10.0. The zero-order chi connectivity index (χ0) is 9.68. The van der Waals surface area contributed by atoms with E-state index >= 15 is 0 Å². The summed E-state index contributed by atoms with van der Waals surface area (Å²) >= 11 is 0. The first kappa shape index (κ1) is 9.68. The van der Waals surface area contributed by atoms with E-state index in [4.69, 9.17) is 5.73 Å². The molecule has 68 valence electrons. The minimum Gasteiger partial charge on any atom is -0.321 e. The van der Waals surface area contributed by atoms with Gasteiger partial charge in [0.05, 0.1) is 6.04 Å². The lowest BCUT2D eigenvalue weighted by Crippen LogP contribution is -2.31. The average Bonchev–Trinajstić information content (AvgIpc) is 2.18. The van der Waals surface area contributed by atoms with Gasteiger partial charge in [-0.15, -0.1) is 0 Å². The molecular formula is C11H13NO. The summed E-state index contributed by atoms with van der Waals surface area (Å²) < 4.78 is 0. The number of hydrogen-bond acceptors (Lipinski definition) is 2. The maximum Gasteiger partial charge on any atom is 0.172 e. The highest BCUT2D eigenvalue weighted by Gasteiger charge is 2.09. The van der Waals surface area contributed by atoms with Crippen LogP contribution in [-0.2, 0) is 11.2 Å². The lowest BCUT2D eigenvalue weighted by molar-refractivity contribution is -0.115. The topological polar surface area (TPSA) is 43.1 Å². The third kappa shape index (κ3) is 2.84. The summed E-state index contributed by atoms with van der Waals surface area (Å²) in [6, 6.07) is 9.25. The molecule has 0 saturated carbocycles. The number of rotatable bonds is 4. The monoisotopic (exact) mass is 175 g/mol. The molecule has 2 N–H and O–H groups in total. The molecule has 0 amide bonds. The lowest BCUT2D eigenvalue weighted by Gasteiger charge is -2.06. The quantitative estimate of drug-likeness (QED) is 0.701. The van der Waals surface area contributed by atoms with Gasteiger partial charge in [-0.2, -0.15) is 0 Å². The third-order valence-corrected chi connectivity index (χ3v) is 1.87. The molecule has 1 unspecified atom stereocenters. The summed E-state index contributed by atoms with van der Waals surface area (Å²) in [5.74, 6) is -0.108. The smallest absolute Gasteiger partial charge is 0.172 e. The Balaban J connectivity index is 2.60. The second-order valence-corrected chi connectivity index (χ2v) is 2.90. The first-order valence-electron chi connectivity index (χ1n) is 4.20. The number of hydrogen-bond donors (Lipinski definition) is 1. The maximum atomic E-state index is 11.1. The van der Waals surface area contributed by atoms with Gasteiger partial charge in [-0.1, -0.05) is 36.9 Å². The first-order chi connectivity index (χ1) is 6.24. The van der Waals surface area contributed by atoms with Crippen LogP contribution in [0.2, 0.25) is 0 Å². The fraction of sp³-hybridized carbons (Fsp3) is 0.182. The van der Waals surface area contributed by atoms with Gasteiger partial charge in [0, 0.05) is 0 Å². The molecule has 0 bridgehead atoms. The first-order valence-corrected chi connectivity index (χ1v) is 4.20. The van der Waals surface area contributed by atoms with Crippen LogP contribution in [0.1, 0.15) is 5.56 Å². The Bertz CT molecular complexity index is 292. The number of benzene rings is 1. The molecule has 0 heterocycles. The van der Waals surface area contributed by atoms with Gasteiger partial charge in [0.25, 0.3) is 0 Å². The molecule has 2 nitrogen and oxygen atoms in total. The van der Waals surface area contributed by atoms with Crippen LogP contribution in [0, 0.1) is 0 Å². The fourth-order valence-corrected chi connectivity index (χ4v) is 1.12. The molecule has 0 spiro atoms. The van der Waals surface area contributed by atoms with Crippen LogP contribution in [0.25, 0.3) is 0 Å². The van der Waals surface area contributed by atoms with Crippen molar-refractivity contribution in [2.75, 3.05) is 0 Å². The number of carbonyl (C=O) groups is 1.